The van der Waals surface area contributed by atoms with E-state index in [9.17, 15) is 0 Å². The maximum Gasteiger partial charge on any atom is 0.222 e. The van der Waals surface area contributed by atoms with Gasteiger partial charge in [0.1, 0.15) is 5.82 Å². The molecule has 0 aliphatic heterocycles. The molecular formula is C16H26ClN5. The van der Waals surface area contributed by atoms with E-state index in [1.165, 1.54) is 7.05 Å². The molecule has 6 heteroatoms. The van der Waals surface area contributed by atoms with E-state index in [2.05, 4.69) is 21.0 Å². The minimum absolute atomic E-state index is 0.286. The third-order valence-corrected chi connectivity index (χ3v) is 2.96. The number of benzene rings is 1. The molecule has 0 bridgehead atoms. The summed E-state index contributed by atoms with van der Waals surface area (Å²) >= 11 is 5.90. The minimum Gasteiger partial charge on any atom is -0.372 e. The Morgan fingerprint density at radius 2 is 1.64 bits per heavy atom. The van der Waals surface area contributed by atoms with Crippen LogP contribution in [0.5, 0.6) is 0 Å². The van der Waals surface area contributed by atoms with Gasteiger partial charge in [0.2, 0.25) is 5.95 Å². The summed E-state index contributed by atoms with van der Waals surface area (Å²) in [6, 6.07) is 7.62. The second kappa shape index (κ2) is 10.8. The highest BCUT2D eigenvalue weighted by molar-refractivity contribution is 6.30. The van der Waals surface area contributed by atoms with Gasteiger partial charge in [0.15, 0.2) is 0 Å². The van der Waals surface area contributed by atoms with Gasteiger partial charge in [-0.05, 0) is 31.2 Å². The van der Waals surface area contributed by atoms with Gasteiger partial charge in [-0.25, -0.2) is 4.98 Å². The van der Waals surface area contributed by atoms with Gasteiger partial charge >= 0.3 is 0 Å². The zero-order chi connectivity index (χ0) is 17.1. The number of aromatic nitrogens is 2. The lowest BCUT2D eigenvalue weighted by molar-refractivity contribution is 1.01. The molecule has 0 amide bonds. The molecule has 1 aromatic heterocycles. The summed E-state index contributed by atoms with van der Waals surface area (Å²) in [7, 11) is 3.32. The van der Waals surface area contributed by atoms with Gasteiger partial charge in [-0.2, -0.15) is 4.98 Å². The Kier molecular flexibility index (Phi) is 9.91. The average Bonchev–Trinajstić information content (AvgIpc) is 2.58. The lowest BCUT2D eigenvalue weighted by Crippen LogP contribution is -2.06. The smallest absolute Gasteiger partial charge is 0.222 e. The Balaban J connectivity index is 0.00000102. The lowest BCUT2D eigenvalue weighted by Gasteiger charge is -2.13. The van der Waals surface area contributed by atoms with Crippen LogP contribution in [-0.4, -0.2) is 24.1 Å². The van der Waals surface area contributed by atoms with Crippen LogP contribution < -0.4 is 16.8 Å². The fourth-order valence-corrected chi connectivity index (χ4v) is 2.01. The largest absolute Gasteiger partial charge is 0.372 e. The quantitative estimate of drug-likeness (QED) is 0.803. The van der Waals surface area contributed by atoms with E-state index >= 15 is 0 Å². The molecule has 0 saturated carbocycles. The summed E-state index contributed by atoms with van der Waals surface area (Å²) in [5.41, 5.74) is 13.1. The van der Waals surface area contributed by atoms with Crippen molar-refractivity contribution in [2.75, 3.05) is 25.1 Å². The van der Waals surface area contributed by atoms with Gasteiger partial charge < -0.3 is 16.8 Å². The molecule has 0 aliphatic rings. The molecule has 0 atom stereocenters. The third kappa shape index (κ3) is 5.16. The molecule has 0 radical (unpaired) electrons. The SMILES string of the molecule is CC.CCc1nc(N)nc(NC)c1-c1ccc(Cl)cc1.CN. The number of nitrogens with zero attached hydrogens (tertiary/aromatic N) is 2. The summed E-state index contributed by atoms with van der Waals surface area (Å²) in [5.74, 6) is 1.02. The van der Waals surface area contributed by atoms with Gasteiger partial charge in [0.05, 0.1) is 5.69 Å². The Morgan fingerprint density at radius 3 is 2.09 bits per heavy atom. The fourth-order valence-electron chi connectivity index (χ4n) is 1.88. The Morgan fingerprint density at radius 1 is 1.09 bits per heavy atom. The van der Waals surface area contributed by atoms with Gasteiger partial charge in [-0.1, -0.05) is 44.5 Å². The normalized spacial score (nSPS) is 9.05. The summed E-state index contributed by atoms with van der Waals surface area (Å²) in [6.07, 6.45) is 0.791. The molecule has 0 spiro atoms. The van der Waals surface area contributed by atoms with Crippen molar-refractivity contribution in [1.29, 1.82) is 0 Å². The molecule has 2 rings (SSSR count). The molecule has 1 aromatic carbocycles. The van der Waals surface area contributed by atoms with Crippen molar-refractivity contribution in [3.05, 3.63) is 35.0 Å². The van der Waals surface area contributed by atoms with E-state index in [1.807, 2.05) is 52.1 Å². The van der Waals surface area contributed by atoms with Crippen LogP contribution in [-0.2, 0) is 6.42 Å². The Hall–Kier alpha value is -1.85. The number of halogens is 1. The van der Waals surface area contributed by atoms with E-state index in [1.54, 1.807) is 0 Å². The number of nitrogens with one attached hydrogen (secondary N) is 1. The molecule has 0 fully saturated rings. The van der Waals surface area contributed by atoms with Gasteiger partial charge in [0, 0.05) is 17.6 Å². The molecule has 5 N–H and O–H groups in total. The van der Waals surface area contributed by atoms with E-state index in [-0.39, 0.29) is 5.95 Å². The molecule has 122 valence electrons. The highest BCUT2D eigenvalue weighted by Gasteiger charge is 2.13. The van der Waals surface area contributed by atoms with Crippen LogP contribution in [0.15, 0.2) is 24.3 Å². The van der Waals surface area contributed by atoms with Crippen molar-refractivity contribution in [1.82, 2.24) is 9.97 Å². The summed E-state index contributed by atoms with van der Waals surface area (Å²) in [4.78, 5) is 8.51. The van der Waals surface area contributed by atoms with E-state index in [0.717, 1.165) is 29.1 Å². The molecule has 1 heterocycles. The number of anilines is 2. The third-order valence-electron chi connectivity index (χ3n) is 2.71. The maximum absolute atomic E-state index is 5.90. The first-order valence-electron chi connectivity index (χ1n) is 7.33. The van der Waals surface area contributed by atoms with Crippen LogP contribution in [0.3, 0.4) is 0 Å². The molecule has 5 nitrogen and oxygen atoms in total. The number of nitrogen functional groups attached to an aromatic ring is 1. The van der Waals surface area contributed by atoms with Crippen molar-refractivity contribution in [3.8, 4) is 11.1 Å². The molecular weight excluding hydrogens is 298 g/mol. The van der Waals surface area contributed by atoms with Gasteiger partial charge in [-0.3, -0.25) is 0 Å². The van der Waals surface area contributed by atoms with Crippen LogP contribution in [0.2, 0.25) is 5.02 Å². The van der Waals surface area contributed by atoms with Crippen molar-refractivity contribution < 1.29 is 0 Å². The number of hydrogen-bond acceptors (Lipinski definition) is 5. The standard InChI is InChI=1S/C13H15ClN4.C2H6.CH5N/c1-3-10-11(8-4-6-9(14)7-5-8)12(16-2)18-13(15)17-10;2*1-2/h4-7H,3H2,1-2H3,(H3,15,16,17,18);1-2H3;2H2,1H3. The lowest BCUT2D eigenvalue weighted by atomic mass is 10.0. The summed E-state index contributed by atoms with van der Waals surface area (Å²) < 4.78 is 0. The second-order valence-corrected chi connectivity index (χ2v) is 4.30. The molecule has 0 aliphatic carbocycles. The molecule has 0 unspecified atom stereocenters. The van der Waals surface area contributed by atoms with Crippen LogP contribution in [0.4, 0.5) is 11.8 Å². The van der Waals surface area contributed by atoms with Crippen LogP contribution in [0, 0.1) is 0 Å². The van der Waals surface area contributed by atoms with Crippen molar-refractivity contribution >= 4 is 23.4 Å². The first kappa shape index (κ1) is 20.1. The van der Waals surface area contributed by atoms with E-state index in [4.69, 9.17) is 17.3 Å². The predicted octanol–water partition coefficient (Wildman–Crippen LogP) is 3.58. The molecule has 0 saturated heterocycles. The van der Waals surface area contributed by atoms with Crippen LogP contribution >= 0.6 is 11.6 Å². The summed E-state index contributed by atoms with van der Waals surface area (Å²) in [5, 5.41) is 3.77. The highest BCUT2D eigenvalue weighted by atomic mass is 35.5. The van der Waals surface area contributed by atoms with Crippen molar-refractivity contribution in [2.24, 2.45) is 5.73 Å². The topological polar surface area (TPSA) is 89.8 Å². The molecule has 22 heavy (non-hydrogen) atoms. The van der Waals surface area contributed by atoms with Crippen molar-refractivity contribution in [2.45, 2.75) is 27.2 Å². The Labute approximate surface area is 138 Å². The van der Waals surface area contributed by atoms with Gasteiger partial charge in [-0.15, -0.1) is 0 Å². The van der Waals surface area contributed by atoms with E-state index < -0.39 is 0 Å². The van der Waals surface area contributed by atoms with Crippen LogP contribution in [0.25, 0.3) is 11.1 Å². The van der Waals surface area contributed by atoms with Gasteiger partial charge in [0.25, 0.3) is 0 Å². The zero-order valence-electron chi connectivity index (χ0n) is 13.9. The minimum atomic E-state index is 0.286. The maximum atomic E-state index is 5.90. The first-order valence-corrected chi connectivity index (χ1v) is 7.71. The molecule has 2 aromatic rings. The first-order chi connectivity index (χ1) is 10.7. The summed E-state index contributed by atoms with van der Waals surface area (Å²) in [6.45, 7) is 6.04. The number of nitrogens with two attached hydrogens (primary N) is 2. The monoisotopic (exact) mass is 323 g/mol. The van der Waals surface area contributed by atoms with Crippen molar-refractivity contribution in [3.63, 3.8) is 0 Å². The Bertz CT molecular complexity index is 530. The predicted molar refractivity (Wildman–Crippen MR) is 97.3 cm³/mol. The number of hydrogen-bond donors (Lipinski definition) is 3. The zero-order valence-corrected chi connectivity index (χ0v) is 14.7. The highest BCUT2D eigenvalue weighted by Crippen LogP contribution is 2.30. The number of rotatable bonds is 3. The average molecular weight is 324 g/mol. The number of aryl methyl sites for hydroxylation is 1. The van der Waals surface area contributed by atoms with Crippen LogP contribution in [0.1, 0.15) is 26.5 Å². The second-order valence-electron chi connectivity index (χ2n) is 3.86. The van der Waals surface area contributed by atoms with E-state index in [0.29, 0.717) is 5.02 Å². The fraction of sp³-hybridized carbons (Fsp3) is 0.375.